The smallest absolute Gasteiger partial charge is 0.141 e. The van der Waals surface area contributed by atoms with E-state index < -0.39 is 0 Å². The molecule has 24 heavy (non-hydrogen) atoms. The van der Waals surface area contributed by atoms with Gasteiger partial charge in [0, 0.05) is 17.9 Å². The Balaban J connectivity index is 1.88. The molecule has 128 valence electrons. The Kier molecular flexibility index (Phi) is 4.11. The lowest BCUT2D eigenvalue weighted by Gasteiger charge is -2.51. The summed E-state index contributed by atoms with van der Waals surface area (Å²) in [4.78, 5) is 19.1. The molecule has 0 spiro atoms. The number of hydrogen-bond acceptors (Lipinski definition) is 4. The van der Waals surface area contributed by atoms with Crippen molar-refractivity contribution >= 4 is 22.9 Å². The predicted molar refractivity (Wildman–Crippen MR) is 99.5 cm³/mol. The van der Waals surface area contributed by atoms with E-state index in [0.29, 0.717) is 11.7 Å². The van der Waals surface area contributed by atoms with Crippen LogP contribution in [-0.4, -0.2) is 16.8 Å². The van der Waals surface area contributed by atoms with Gasteiger partial charge in [0.05, 0.1) is 16.3 Å². The summed E-state index contributed by atoms with van der Waals surface area (Å²) in [5.41, 5.74) is 3.24. The Labute approximate surface area is 148 Å². The lowest BCUT2D eigenvalue weighted by atomic mass is 9.56. The molecule has 4 rings (SSSR count). The molecule has 0 bridgehead atoms. The highest BCUT2D eigenvalue weighted by molar-refractivity contribution is 7.10. The van der Waals surface area contributed by atoms with Crippen molar-refractivity contribution in [2.24, 2.45) is 11.8 Å². The van der Waals surface area contributed by atoms with E-state index in [1.807, 2.05) is 5.51 Å². The van der Waals surface area contributed by atoms with Crippen molar-refractivity contribution in [1.82, 2.24) is 4.98 Å². The number of hydrogen-bond donors (Lipinski definition) is 1. The molecule has 4 heteroatoms. The van der Waals surface area contributed by atoms with Gasteiger partial charge >= 0.3 is 0 Å². The monoisotopic (exact) mass is 342 g/mol. The quantitative estimate of drug-likeness (QED) is 0.852. The number of rotatable bonds is 3. The Bertz CT molecular complexity index is 704. The minimum Gasteiger partial charge on any atom is -0.366 e. The van der Waals surface area contributed by atoms with Crippen LogP contribution in [-0.2, 0) is 10.2 Å². The van der Waals surface area contributed by atoms with Crippen LogP contribution in [0.4, 0.5) is 5.82 Å². The second-order valence-corrected chi connectivity index (χ2v) is 8.28. The maximum Gasteiger partial charge on any atom is 0.141 e. The van der Waals surface area contributed by atoms with Gasteiger partial charge in [0.15, 0.2) is 0 Å². The van der Waals surface area contributed by atoms with E-state index in [0.717, 1.165) is 44.3 Å². The number of anilines is 1. The molecule has 1 saturated carbocycles. The second kappa shape index (κ2) is 6.14. The van der Waals surface area contributed by atoms with E-state index in [4.69, 9.17) is 0 Å². The van der Waals surface area contributed by atoms with E-state index >= 15 is 0 Å². The summed E-state index contributed by atoms with van der Waals surface area (Å²) in [5.74, 6) is 2.07. The summed E-state index contributed by atoms with van der Waals surface area (Å²) in [5, 5.41) is 3.64. The number of aromatic nitrogens is 1. The van der Waals surface area contributed by atoms with Gasteiger partial charge in [-0.15, -0.1) is 11.3 Å². The van der Waals surface area contributed by atoms with E-state index in [-0.39, 0.29) is 17.4 Å². The first-order chi connectivity index (χ1) is 11.7. The van der Waals surface area contributed by atoms with Crippen molar-refractivity contribution in [2.75, 3.05) is 5.32 Å². The fourth-order valence-electron chi connectivity index (χ4n) is 5.20. The standard InChI is InChI=1S/C20H26N2OS/c1-3-13-10-15-17(16(23)11-13)20(4-2,14-8-6-5-7-9-14)18-19(22-15)21-12-24-18/h5-6,8,12-13,15,17,22H,3-4,7,9-11H2,1-2H3/t13-,15?,17?,20-/m0/s1. The van der Waals surface area contributed by atoms with E-state index in [1.54, 1.807) is 11.3 Å². The molecular weight excluding hydrogens is 316 g/mol. The highest BCUT2D eigenvalue weighted by atomic mass is 32.1. The normalized spacial score (nSPS) is 35.0. The number of carbonyl (C=O) groups is 1. The molecule has 2 aliphatic carbocycles. The average molecular weight is 343 g/mol. The number of ketones is 1. The maximum absolute atomic E-state index is 13.2. The maximum atomic E-state index is 13.2. The third-order valence-electron chi connectivity index (χ3n) is 6.37. The van der Waals surface area contributed by atoms with E-state index in [9.17, 15) is 4.79 Å². The molecule has 0 saturated heterocycles. The van der Waals surface area contributed by atoms with Crippen LogP contribution in [0.15, 0.2) is 29.3 Å². The van der Waals surface area contributed by atoms with Gasteiger partial charge < -0.3 is 5.32 Å². The molecule has 0 aromatic carbocycles. The summed E-state index contributed by atoms with van der Waals surface area (Å²) >= 11 is 1.72. The number of carbonyl (C=O) groups excluding carboxylic acids is 1. The predicted octanol–water partition coefficient (Wildman–Crippen LogP) is 4.87. The molecule has 2 unspecified atom stereocenters. The summed E-state index contributed by atoms with van der Waals surface area (Å²) in [6.07, 6.45) is 12.7. The first-order valence-corrected chi connectivity index (χ1v) is 10.2. The largest absolute Gasteiger partial charge is 0.366 e. The highest BCUT2D eigenvalue weighted by Gasteiger charge is 2.55. The zero-order valence-electron chi connectivity index (χ0n) is 14.5. The molecule has 1 fully saturated rings. The molecular formula is C20H26N2OS. The minimum absolute atomic E-state index is 0.0657. The molecule has 1 N–H and O–H groups in total. The summed E-state index contributed by atoms with van der Waals surface area (Å²) in [6, 6.07) is 0.234. The van der Waals surface area contributed by atoms with Crippen molar-refractivity contribution in [3.63, 3.8) is 0 Å². The molecule has 2 heterocycles. The van der Waals surface area contributed by atoms with Gasteiger partial charge in [-0.2, -0.15) is 0 Å². The first-order valence-electron chi connectivity index (χ1n) is 9.30. The first kappa shape index (κ1) is 16.1. The van der Waals surface area contributed by atoms with Crippen LogP contribution < -0.4 is 5.32 Å². The van der Waals surface area contributed by atoms with Crippen molar-refractivity contribution in [2.45, 2.75) is 63.8 Å². The van der Waals surface area contributed by atoms with Crippen LogP contribution in [0.5, 0.6) is 0 Å². The van der Waals surface area contributed by atoms with Crippen molar-refractivity contribution < 1.29 is 4.79 Å². The van der Waals surface area contributed by atoms with E-state index in [1.165, 1.54) is 10.5 Å². The zero-order valence-corrected chi connectivity index (χ0v) is 15.4. The van der Waals surface area contributed by atoms with Crippen molar-refractivity contribution in [3.05, 3.63) is 34.2 Å². The highest BCUT2D eigenvalue weighted by Crippen LogP contribution is 2.56. The molecule has 0 radical (unpaired) electrons. The fourth-order valence-corrected chi connectivity index (χ4v) is 6.30. The van der Waals surface area contributed by atoms with Crippen LogP contribution in [0.1, 0.15) is 57.2 Å². The van der Waals surface area contributed by atoms with Gasteiger partial charge in [0.25, 0.3) is 0 Å². The molecule has 0 amide bonds. The van der Waals surface area contributed by atoms with Crippen LogP contribution >= 0.6 is 11.3 Å². The number of Topliss-reactive ketones (excluding diaryl/α,β-unsaturated/α-hetero) is 1. The van der Waals surface area contributed by atoms with Crippen LogP contribution in [0, 0.1) is 11.8 Å². The number of nitrogens with zero attached hydrogens (tertiary/aromatic N) is 1. The lowest BCUT2D eigenvalue weighted by molar-refractivity contribution is -0.129. The van der Waals surface area contributed by atoms with Crippen LogP contribution in [0.3, 0.4) is 0 Å². The Morgan fingerprint density at radius 3 is 3.00 bits per heavy atom. The van der Waals surface area contributed by atoms with Crippen molar-refractivity contribution in [3.8, 4) is 0 Å². The molecule has 1 aromatic heterocycles. The minimum atomic E-state index is -0.146. The van der Waals surface area contributed by atoms with Gasteiger partial charge in [0.2, 0.25) is 0 Å². The van der Waals surface area contributed by atoms with Gasteiger partial charge in [-0.1, -0.05) is 44.1 Å². The molecule has 3 aliphatic rings. The van der Waals surface area contributed by atoms with Gasteiger partial charge in [-0.3, -0.25) is 4.79 Å². The van der Waals surface area contributed by atoms with E-state index in [2.05, 4.69) is 42.4 Å². The number of nitrogens with one attached hydrogen (secondary N) is 1. The third-order valence-corrected chi connectivity index (χ3v) is 7.38. The summed E-state index contributed by atoms with van der Waals surface area (Å²) in [7, 11) is 0. The summed E-state index contributed by atoms with van der Waals surface area (Å²) in [6.45, 7) is 4.46. The van der Waals surface area contributed by atoms with Gasteiger partial charge in [-0.25, -0.2) is 4.98 Å². The molecule has 1 aromatic rings. The molecule has 4 atom stereocenters. The Hall–Kier alpha value is -1.42. The number of allylic oxidation sites excluding steroid dienone is 4. The van der Waals surface area contributed by atoms with Gasteiger partial charge in [0.1, 0.15) is 11.6 Å². The third kappa shape index (κ3) is 2.22. The topological polar surface area (TPSA) is 42.0 Å². The average Bonchev–Trinajstić information content (AvgIpc) is 3.09. The second-order valence-electron chi connectivity index (χ2n) is 7.42. The lowest BCUT2D eigenvalue weighted by Crippen LogP contribution is -2.56. The van der Waals surface area contributed by atoms with Crippen LogP contribution in [0.25, 0.3) is 0 Å². The Morgan fingerprint density at radius 2 is 2.29 bits per heavy atom. The molecule has 1 aliphatic heterocycles. The number of fused-ring (bicyclic) bond motifs is 2. The summed E-state index contributed by atoms with van der Waals surface area (Å²) < 4.78 is 0. The number of thiazole rings is 1. The van der Waals surface area contributed by atoms with Gasteiger partial charge in [-0.05, 0) is 31.6 Å². The SMILES string of the molecule is CC[C@@H]1CC(=O)C2C(C1)Nc1ncsc1[C@@]2(CC)C1=CC=CCC1. The van der Waals surface area contributed by atoms with Crippen LogP contribution in [0.2, 0.25) is 0 Å². The van der Waals surface area contributed by atoms with Crippen molar-refractivity contribution in [1.29, 1.82) is 0 Å². The molecule has 3 nitrogen and oxygen atoms in total. The fraction of sp³-hybridized carbons (Fsp3) is 0.600. The Morgan fingerprint density at radius 1 is 1.42 bits per heavy atom. The zero-order chi connectivity index (χ0) is 16.7.